The Hall–Kier alpha value is -2.63. The number of carbonyl (C=O) groups is 1. The zero-order chi connectivity index (χ0) is 19.9. The molecule has 2 atom stereocenters. The maximum Gasteiger partial charge on any atom is 0.304 e. The van der Waals surface area contributed by atoms with Gasteiger partial charge in [0.05, 0.1) is 6.42 Å². The molecule has 4 N–H and O–H groups in total. The van der Waals surface area contributed by atoms with Crippen LogP contribution in [-0.2, 0) is 11.2 Å². The fraction of sp³-hybridized carbons (Fsp3) is 0.348. The van der Waals surface area contributed by atoms with Crippen LogP contribution in [-0.4, -0.2) is 35.2 Å². The molecule has 3 rings (SSSR count). The average Bonchev–Trinajstić information content (AvgIpc) is 3.08. The van der Waals surface area contributed by atoms with Crippen LogP contribution < -0.4 is 10.6 Å². The van der Waals surface area contributed by atoms with E-state index in [0.717, 1.165) is 29.6 Å². The van der Waals surface area contributed by atoms with Gasteiger partial charge in [0, 0.05) is 42.3 Å². The van der Waals surface area contributed by atoms with Crippen LogP contribution in [0.5, 0.6) is 0 Å². The summed E-state index contributed by atoms with van der Waals surface area (Å²) in [5.74, 6) is -0.779. The van der Waals surface area contributed by atoms with Crippen molar-refractivity contribution >= 4 is 16.9 Å². The minimum atomic E-state index is -0.779. The molecule has 0 saturated carbocycles. The number of fused-ring (bicyclic) bond motifs is 1. The molecule has 1 aromatic heterocycles. The molecule has 5 heteroatoms. The van der Waals surface area contributed by atoms with Crippen molar-refractivity contribution in [1.82, 2.24) is 15.6 Å². The molecule has 5 nitrogen and oxygen atoms in total. The number of rotatable bonds is 10. The Kier molecular flexibility index (Phi) is 6.85. The molecular weight excluding hydrogens is 350 g/mol. The molecule has 0 bridgehead atoms. The van der Waals surface area contributed by atoms with E-state index in [1.165, 1.54) is 11.1 Å². The highest BCUT2D eigenvalue weighted by Gasteiger charge is 2.16. The third kappa shape index (κ3) is 5.21. The lowest BCUT2D eigenvalue weighted by atomic mass is 10.0. The molecule has 0 radical (unpaired) electrons. The van der Waals surface area contributed by atoms with Gasteiger partial charge in [-0.15, -0.1) is 0 Å². The summed E-state index contributed by atoms with van der Waals surface area (Å²) < 4.78 is 0. The molecule has 0 spiro atoms. The number of nitrogens with one attached hydrogen (secondary N) is 3. The number of hydrogen-bond acceptors (Lipinski definition) is 3. The van der Waals surface area contributed by atoms with Gasteiger partial charge < -0.3 is 20.7 Å². The normalized spacial score (nSPS) is 13.5. The predicted molar refractivity (Wildman–Crippen MR) is 114 cm³/mol. The molecule has 2 aromatic carbocycles. The number of aromatic nitrogens is 1. The van der Waals surface area contributed by atoms with Crippen LogP contribution >= 0.6 is 0 Å². The number of carboxylic acids is 1. The number of benzene rings is 2. The molecule has 0 aliphatic rings. The van der Waals surface area contributed by atoms with E-state index in [9.17, 15) is 9.90 Å². The Balaban J connectivity index is 1.54. The van der Waals surface area contributed by atoms with Crippen LogP contribution in [0.4, 0.5) is 0 Å². The topological polar surface area (TPSA) is 77.2 Å². The fourth-order valence-electron chi connectivity index (χ4n) is 3.74. The Morgan fingerprint density at radius 3 is 2.57 bits per heavy atom. The zero-order valence-electron chi connectivity index (χ0n) is 16.5. The summed E-state index contributed by atoms with van der Waals surface area (Å²) in [6, 6.07) is 16.6. The van der Waals surface area contributed by atoms with E-state index in [-0.39, 0.29) is 18.5 Å². The lowest BCUT2D eigenvalue weighted by Gasteiger charge is -2.20. The van der Waals surface area contributed by atoms with E-state index in [1.807, 2.05) is 30.5 Å². The summed E-state index contributed by atoms with van der Waals surface area (Å²) in [7, 11) is 0. The second kappa shape index (κ2) is 9.53. The summed E-state index contributed by atoms with van der Waals surface area (Å²) in [5, 5.41) is 17.4. The van der Waals surface area contributed by atoms with Crippen molar-refractivity contribution in [2.75, 3.05) is 13.1 Å². The van der Waals surface area contributed by atoms with E-state index in [1.54, 1.807) is 0 Å². The fourth-order valence-corrected chi connectivity index (χ4v) is 3.74. The smallest absolute Gasteiger partial charge is 0.304 e. The van der Waals surface area contributed by atoms with Crippen molar-refractivity contribution in [1.29, 1.82) is 0 Å². The van der Waals surface area contributed by atoms with Crippen molar-refractivity contribution in [2.24, 2.45) is 0 Å². The molecule has 1 unspecified atom stereocenters. The SMILES string of the molecule is Cc1ccccc1C(C)NCCN[C@H](CC(=O)O)Cc1c[nH]c2ccccc12. The maximum atomic E-state index is 11.3. The third-order valence-electron chi connectivity index (χ3n) is 5.23. The quantitative estimate of drug-likeness (QED) is 0.404. The lowest BCUT2D eigenvalue weighted by molar-refractivity contribution is -0.137. The molecule has 0 aliphatic carbocycles. The first-order valence-corrected chi connectivity index (χ1v) is 9.83. The van der Waals surface area contributed by atoms with Crippen LogP contribution in [0.3, 0.4) is 0 Å². The van der Waals surface area contributed by atoms with Crippen molar-refractivity contribution in [3.63, 3.8) is 0 Å². The van der Waals surface area contributed by atoms with E-state index in [0.29, 0.717) is 6.42 Å². The van der Waals surface area contributed by atoms with Crippen molar-refractivity contribution in [3.8, 4) is 0 Å². The van der Waals surface area contributed by atoms with Crippen LogP contribution in [0.25, 0.3) is 10.9 Å². The van der Waals surface area contributed by atoms with E-state index in [4.69, 9.17) is 0 Å². The Morgan fingerprint density at radius 1 is 1.07 bits per heavy atom. The molecule has 1 heterocycles. The maximum absolute atomic E-state index is 11.3. The zero-order valence-corrected chi connectivity index (χ0v) is 16.5. The Labute approximate surface area is 166 Å². The number of hydrogen-bond donors (Lipinski definition) is 4. The van der Waals surface area contributed by atoms with Gasteiger partial charge in [0.25, 0.3) is 0 Å². The van der Waals surface area contributed by atoms with Crippen LogP contribution in [0.1, 0.15) is 36.1 Å². The second-order valence-electron chi connectivity index (χ2n) is 7.34. The Morgan fingerprint density at radius 2 is 1.79 bits per heavy atom. The molecule has 0 saturated heterocycles. The van der Waals surface area contributed by atoms with Gasteiger partial charge in [-0.25, -0.2) is 0 Å². The largest absolute Gasteiger partial charge is 0.481 e. The van der Waals surface area contributed by atoms with Crippen molar-refractivity contribution in [3.05, 3.63) is 71.4 Å². The molecule has 148 valence electrons. The lowest BCUT2D eigenvalue weighted by Crippen LogP contribution is -2.38. The van der Waals surface area contributed by atoms with Gasteiger partial charge in [-0.05, 0) is 43.0 Å². The highest BCUT2D eigenvalue weighted by atomic mass is 16.4. The molecular formula is C23H29N3O2. The number of aromatic amines is 1. The average molecular weight is 380 g/mol. The summed E-state index contributed by atoms with van der Waals surface area (Å²) in [4.78, 5) is 14.6. The highest BCUT2D eigenvalue weighted by molar-refractivity contribution is 5.83. The van der Waals surface area contributed by atoms with Gasteiger partial charge >= 0.3 is 5.97 Å². The van der Waals surface area contributed by atoms with Gasteiger partial charge in [-0.3, -0.25) is 4.79 Å². The van der Waals surface area contributed by atoms with E-state index >= 15 is 0 Å². The van der Waals surface area contributed by atoms with E-state index in [2.05, 4.69) is 53.7 Å². The summed E-state index contributed by atoms with van der Waals surface area (Å²) >= 11 is 0. The summed E-state index contributed by atoms with van der Waals surface area (Å²) in [6.45, 7) is 5.77. The van der Waals surface area contributed by atoms with Gasteiger partial charge in [0.2, 0.25) is 0 Å². The minimum Gasteiger partial charge on any atom is -0.481 e. The number of aryl methyl sites for hydroxylation is 1. The Bertz CT molecular complexity index is 919. The highest BCUT2D eigenvalue weighted by Crippen LogP contribution is 2.20. The third-order valence-corrected chi connectivity index (χ3v) is 5.23. The standard InChI is InChI=1S/C23H29N3O2/c1-16-7-3-4-8-20(16)17(2)24-11-12-25-19(14-23(27)28)13-18-15-26-22-10-6-5-9-21(18)22/h3-10,15,17,19,24-26H,11-14H2,1-2H3,(H,27,28)/t17?,19-/m0/s1. The summed E-state index contributed by atoms with van der Waals surface area (Å²) in [6.07, 6.45) is 2.77. The number of para-hydroxylation sites is 1. The van der Waals surface area contributed by atoms with E-state index < -0.39 is 5.97 Å². The monoisotopic (exact) mass is 379 g/mol. The van der Waals surface area contributed by atoms with Crippen molar-refractivity contribution in [2.45, 2.75) is 38.8 Å². The van der Waals surface area contributed by atoms with Crippen LogP contribution in [0.15, 0.2) is 54.7 Å². The minimum absolute atomic E-state index is 0.104. The number of H-pyrrole nitrogens is 1. The first kappa shape index (κ1) is 20.1. The summed E-state index contributed by atoms with van der Waals surface area (Å²) in [5.41, 5.74) is 4.80. The van der Waals surface area contributed by atoms with Crippen molar-refractivity contribution < 1.29 is 9.90 Å². The molecule has 28 heavy (non-hydrogen) atoms. The molecule has 3 aromatic rings. The second-order valence-corrected chi connectivity index (χ2v) is 7.34. The first-order chi connectivity index (χ1) is 13.5. The molecule has 0 fully saturated rings. The number of carboxylic acid groups (broad SMARTS) is 1. The van der Waals surface area contributed by atoms with Gasteiger partial charge in [0.15, 0.2) is 0 Å². The predicted octanol–water partition coefficient (Wildman–Crippen LogP) is 3.80. The van der Waals surface area contributed by atoms with Gasteiger partial charge in [-0.1, -0.05) is 42.5 Å². The number of aliphatic carboxylic acids is 1. The first-order valence-electron chi connectivity index (χ1n) is 9.83. The van der Waals surface area contributed by atoms with Crippen LogP contribution in [0, 0.1) is 6.92 Å². The van der Waals surface area contributed by atoms with Gasteiger partial charge in [0.1, 0.15) is 0 Å². The molecule has 0 aliphatic heterocycles. The van der Waals surface area contributed by atoms with Crippen LogP contribution in [0.2, 0.25) is 0 Å². The van der Waals surface area contributed by atoms with Gasteiger partial charge in [-0.2, -0.15) is 0 Å². The molecule has 0 amide bonds.